The fraction of sp³-hybridized carbons (Fsp3) is 0.190. The highest BCUT2D eigenvalue weighted by molar-refractivity contribution is 6.33. The molecule has 0 aromatic heterocycles. The number of ether oxygens (including phenoxy) is 2. The van der Waals surface area contributed by atoms with Crippen LogP contribution < -0.4 is 15.2 Å². The summed E-state index contributed by atoms with van der Waals surface area (Å²) in [6, 6.07) is 13.5. The van der Waals surface area contributed by atoms with E-state index in [4.69, 9.17) is 21.1 Å². The molecule has 2 aromatic rings. The van der Waals surface area contributed by atoms with E-state index in [0.717, 1.165) is 0 Å². The van der Waals surface area contributed by atoms with Crippen molar-refractivity contribution in [3.8, 4) is 5.75 Å². The molecule has 2 aromatic carbocycles. The van der Waals surface area contributed by atoms with Crippen molar-refractivity contribution in [2.45, 2.75) is 20.0 Å². The Morgan fingerprint density at radius 1 is 1.17 bits per heavy atom. The van der Waals surface area contributed by atoms with E-state index >= 15 is 0 Å². The summed E-state index contributed by atoms with van der Waals surface area (Å²) in [5, 5.41) is 1.43. The monoisotopic (exact) mass is 414 g/mol. The summed E-state index contributed by atoms with van der Waals surface area (Å²) in [7, 11) is 0. The number of anilines is 1. The predicted octanol–water partition coefficient (Wildman–Crippen LogP) is 3.13. The van der Waals surface area contributed by atoms with Crippen molar-refractivity contribution >= 4 is 41.1 Å². The predicted molar refractivity (Wildman–Crippen MR) is 108 cm³/mol. The largest absolute Gasteiger partial charge is 0.480 e. The van der Waals surface area contributed by atoms with E-state index in [1.807, 2.05) is 6.07 Å². The van der Waals surface area contributed by atoms with Crippen LogP contribution in [0.4, 0.5) is 5.69 Å². The molecule has 3 rings (SSSR count). The van der Waals surface area contributed by atoms with Crippen molar-refractivity contribution in [1.82, 2.24) is 5.43 Å². The van der Waals surface area contributed by atoms with E-state index in [9.17, 15) is 14.4 Å². The Labute approximate surface area is 172 Å². The number of benzene rings is 2. The lowest BCUT2D eigenvalue weighted by Gasteiger charge is -2.13. The number of carbonyl (C=O) groups excluding carboxylic acids is 3. The third kappa shape index (κ3) is 4.94. The molecule has 0 atom stereocenters. The van der Waals surface area contributed by atoms with Gasteiger partial charge in [-0.1, -0.05) is 35.9 Å². The average molecular weight is 415 g/mol. The number of hydrogen-bond donors (Lipinski definition) is 1. The zero-order valence-corrected chi connectivity index (χ0v) is 16.6. The van der Waals surface area contributed by atoms with Gasteiger partial charge in [0.05, 0.1) is 16.8 Å². The van der Waals surface area contributed by atoms with Gasteiger partial charge in [0.25, 0.3) is 11.8 Å². The number of carbonyl (C=O) groups is 3. The number of amides is 2. The van der Waals surface area contributed by atoms with Crippen LogP contribution in [0.25, 0.3) is 6.08 Å². The zero-order valence-electron chi connectivity index (χ0n) is 15.8. The summed E-state index contributed by atoms with van der Waals surface area (Å²) in [5.41, 5.74) is 3.62. The summed E-state index contributed by atoms with van der Waals surface area (Å²) in [5.74, 6) is -1.18. The van der Waals surface area contributed by atoms with Gasteiger partial charge in [0.2, 0.25) is 0 Å². The fourth-order valence-corrected chi connectivity index (χ4v) is 2.88. The average Bonchev–Trinajstić information content (AvgIpc) is 2.96. The van der Waals surface area contributed by atoms with Crippen molar-refractivity contribution in [2.75, 3.05) is 11.6 Å². The highest BCUT2D eigenvalue weighted by atomic mass is 35.5. The molecule has 0 spiro atoms. The Morgan fingerprint density at radius 3 is 2.55 bits per heavy atom. The first-order valence-corrected chi connectivity index (χ1v) is 9.27. The molecule has 1 aliphatic heterocycles. The van der Waals surface area contributed by atoms with Crippen LogP contribution in [0, 0.1) is 0 Å². The minimum absolute atomic E-state index is 0.0147. The van der Waals surface area contributed by atoms with Crippen molar-refractivity contribution in [2.24, 2.45) is 0 Å². The van der Waals surface area contributed by atoms with Gasteiger partial charge in [-0.3, -0.25) is 15.0 Å². The Kier molecular flexibility index (Phi) is 6.19. The second-order valence-corrected chi connectivity index (χ2v) is 6.90. The minimum atomic E-state index is -0.508. The number of hydrogen-bond acceptors (Lipinski definition) is 5. The Bertz CT molecular complexity index is 972. The first-order valence-electron chi connectivity index (χ1n) is 8.89. The molecule has 1 saturated heterocycles. The van der Waals surface area contributed by atoms with Crippen molar-refractivity contribution in [3.63, 3.8) is 0 Å². The van der Waals surface area contributed by atoms with Gasteiger partial charge in [-0.2, -0.15) is 0 Å². The van der Waals surface area contributed by atoms with Crippen molar-refractivity contribution in [3.05, 3.63) is 64.7 Å². The summed E-state index contributed by atoms with van der Waals surface area (Å²) in [6.07, 6.45) is 1.21. The zero-order chi connectivity index (χ0) is 21.0. The number of rotatable bonds is 6. The minimum Gasteiger partial charge on any atom is -0.480 e. The highest BCUT2D eigenvalue weighted by Gasteiger charge is 2.34. The first kappa shape index (κ1) is 20.4. The molecule has 0 radical (unpaired) electrons. The third-order valence-electron chi connectivity index (χ3n) is 3.89. The molecule has 2 amide bonds. The number of nitrogens with zero attached hydrogens (tertiary/aromatic N) is 1. The van der Waals surface area contributed by atoms with Crippen LogP contribution in [0.1, 0.15) is 19.4 Å². The fourth-order valence-electron chi connectivity index (χ4n) is 2.64. The van der Waals surface area contributed by atoms with Gasteiger partial charge in [-0.25, -0.2) is 9.80 Å². The highest BCUT2D eigenvalue weighted by Crippen LogP contribution is 2.28. The van der Waals surface area contributed by atoms with Crippen LogP contribution in [0.3, 0.4) is 0 Å². The van der Waals surface area contributed by atoms with E-state index in [0.29, 0.717) is 17.0 Å². The summed E-state index contributed by atoms with van der Waals surface area (Å²) < 4.78 is 10.4. The van der Waals surface area contributed by atoms with E-state index < -0.39 is 17.8 Å². The molecule has 0 saturated carbocycles. The lowest BCUT2D eigenvalue weighted by Crippen LogP contribution is -2.35. The quantitative estimate of drug-likeness (QED) is 0.446. The molecule has 1 fully saturated rings. The second-order valence-electron chi connectivity index (χ2n) is 6.49. The molecule has 1 N–H and O–H groups in total. The molecule has 8 heteroatoms. The smallest absolute Gasteiger partial charge is 0.344 e. The molecule has 0 unspecified atom stereocenters. The molecule has 1 aliphatic rings. The third-order valence-corrected chi connectivity index (χ3v) is 4.18. The summed E-state index contributed by atoms with van der Waals surface area (Å²) in [4.78, 5) is 36.4. The van der Waals surface area contributed by atoms with Gasteiger partial charge in [0, 0.05) is 0 Å². The van der Waals surface area contributed by atoms with Crippen LogP contribution in [0.5, 0.6) is 5.75 Å². The van der Waals surface area contributed by atoms with Gasteiger partial charge in [-0.05, 0) is 49.8 Å². The summed E-state index contributed by atoms with van der Waals surface area (Å²) in [6.45, 7) is 3.21. The van der Waals surface area contributed by atoms with Crippen LogP contribution in [-0.4, -0.2) is 30.5 Å². The lowest BCUT2D eigenvalue weighted by atomic mass is 10.1. The number of para-hydroxylation sites is 1. The molecule has 150 valence electrons. The maximum absolute atomic E-state index is 12.6. The number of esters is 1. The van der Waals surface area contributed by atoms with Crippen LogP contribution >= 0.6 is 11.6 Å². The number of nitrogens with one attached hydrogen (secondary N) is 1. The van der Waals surface area contributed by atoms with Crippen molar-refractivity contribution < 1.29 is 23.9 Å². The Hall–Kier alpha value is -3.32. The van der Waals surface area contributed by atoms with Crippen LogP contribution in [0.2, 0.25) is 5.02 Å². The molecular formula is C21H19ClN2O5. The first-order chi connectivity index (χ1) is 13.8. The van der Waals surface area contributed by atoms with Gasteiger partial charge < -0.3 is 9.47 Å². The lowest BCUT2D eigenvalue weighted by molar-refractivity contribution is -0.149. The maximum Gasteiger partial charge on any atom is 0.344 e. The molecular weight excluding hydrogens is 396 g/mol. The summed E-state index contributed by atoms with van der Waals surface area (Å²) >= 11 is 6.20. The molecule has 29 heavy (non-hydrogen) atoms. The van der Waals surface area contributed by atoms with Crippen LogP contribution in [-0.2, 0) is 19.1 Å². The maximum atomic E-state index is 12.6. The molecule has 1 heterocycles. The Balaban J connectivity index is 1.73. The van der Waals surface area contributed by atoms with Gasteiger partial charge in [0.1, 0.15) is 11.3 Å². The molecule has 0 aliphatic carbocycles. The molecule has 0 bridgehead atoms. The molecule has 7 nitrogen and oxygen atoms in total. The van der Waals surface area contributed by atoms with Crippen molar-refractivity contribution in [1.29, 1.82) is 0 Å². The van der Waals surface area contributed by atoms with E-state index in [-0.39, 0.29) is 23.3 Å². The topological polar surface area (TPSA) is 84.9 Å². The van der Waals surface area contributed by atoms with Gasteiger partial charge in [-0.15, -0.1) is 0 Å². The standard InChI is InChI=1S/C21H19ClN2O5/c1-13(2)29-19(25)12-28-18-9-8-14(11-17(18)22)10-16-20(26)23-24(21(16)27)15-6-4-3-5-7-15/h3-11,13H,12H2,1-2H3,(H,23,26). The normalized spacial score (nSPS) is 15.0. The van der Waals surface area contributed by atoms with Gasteiger partial charge in [0.15, 0.2) is 6.61 Å². The number of halogens is 1. The second kappa shape index (κ2) is 8.79. The van der Waals surface area contributed by atoms with E-state index in [1.165, 1.54) is 11.1 Å². The van der Waals surface area contributed by atoms with E-state index in [2.05, 4.69) is 5.43 Å². The van der Waals surface area contributed by atoms with Crippen LogP contribution in [0.15, 0.2) is 54.1 Å². The SMILES string of the molecule is CC(C)OC(=O)COc1ccc(C=C2C(=O)NN(c3ccccc3)C2=O)cc1Cl. The Morgan fingerprint density at radius 2 is 1.90 bits per heavy atom. The van der Waals surface area contributed by atoms with E-state index in [1.54, 1.807) is 56.3 Å². The van der Waals surface area contributed by atoms with Gasteiger partial charge >= 0.3 is 5.97 Å². The number of hydrazine groups is 1.